The molecule has 3 N–H and O–H groups in total. The van der Waals surface area contributed by atoms with Crippen LogP contribution in [0.4, 0.5) is 5.69 Å². The molecule has 0 fully saturated rings. The van der Waals surface area contributed by atoms with Crippen molar-refractivity contribution in [2.75, 3.05) is 11.9 Å². The van der Waals surface area contributed by atoms with Crippen LogP contribution in [-0.2, 0) is 6.54 Å². The molecule has 0 spiro atoms. The number of rotatable bonds is 5. The molecule has 2 aromatic rings. The summed E-state index contributed by atoms with van der Waals surface area (Å²) >= 11 is 8.41. The van der Waals surface area contributed by atoms with Crippen LogP contribution in [0.25, 0.3) is 0 Å². The summed E-state index contributed by atoms with van der Waals surface area (Å²) in [6.07, 6.45) is 3.49. The van der Waals surface area contributed by atoms with Crippen molar-refractivity contribution in [1.82, 2.24) is 15.0 Å². The van der Waals surface area contributed by atoms with Gasteiger partial charge in [-0.25, -0.2) is 0 Å². The van der Waals surface area contributed by atoms with Crippen LogP contribution < -0.4 is 11.1 Å². The Bertz CT molecular complexity index is 540. The molecule has 94 valence electrons. The van der Waals surface area contributed by atoms with Crippen LogP contribution in [0, 0.1) is 0 Å². The first-order valence-electron chi connectivity index (χ1n) is 5.34. The minimum atomic E-state index is 0.393. The van der Waals surface area contributed by atoms with Crippen molar-refractivity contribution in [3.8, 4) is 0 Å². The Morgan fingerprint density at radius 1 is 1.50 bits per heavy atom. The molecule has 0 bridgehead atoms. The van der Waals surface area contributed by atoms with E-state index in [1.807, 2.05) is 24.4 Å². The number of hydrogen-bond donors (Lipinski definition) is 2. The largest absolute Gasteiger partial charge is 0.389 e. The highest BCUT2D eigenvalue weighted by molar-refractivity contribution is 9.10. The SMILES string of the molecule is NC(=S)c1ccc(NCCn2ccnn2)c(Br)c1. The third-order valence-corrected chi connectivity index (χ3v) is 3.27. The summed E-state index contributed by atoms with van der Waals surface area (Å²) in [6, 6.07) is 5.74. The number of benzene rings is 1. The van der Waals surface area contributed by atoms with E-state index in [1.54, 1.807) is 10.9 Å². The lowest BCUT2D eigenvalue weighted by Crippen LogP contribution is -2.12. The second kappa shape index (κ2) is 5.92. The van der Waals surface area contributed by atoms with Crippen LogP contribution in [0.15, 0.2) is 35.1 Å². The van der Waals surface area contributed by atoms with Gasteiger partial charge in [0.15, 0.2) is 0 Å². The Morgan fingerprint density at radius 3 is 2.94 bits per heavy atom. The van der Waals surface area contributed by atoms with E-state index in [0.29, 0.717) is 4.99 Å². The van der Waals surface area contributed by atoms with E-state index in [4.69, 9.17) is 18.0 Å². The van der Waals surface area contributed by atoms with Crippen LogP contribution in [-0.4, -0.2) is 26.5 Å². The number of hydrogen-bond acceptors (Lipinski definition) is 4. The van der Waals surface area contributed by atoms with E-state index in [9.17, 15) is 0 Å². The van der Waals surface area contributed by atoms with Crippen LogP contribution >= 0.6 is 28.1 Å². The number of anilines is 1. The van der Waals surface area contributed by atoms with Gasteiger partial charge in [-0.3, -0.25) is 4.68 Å². The maximum absolute atomic E-state index is 5.57. The smallest absolute Gasteiger partial charge is 0.104 e. The summed E-state index contributed by atoms with van der Waals surface area (Å²) < 4.78 is 2.70. The molecular formula is C11H12BrN5S. The van der Waals surface area contributed by atoms with E-state index < -0.39 is 0 Å². The second-order valence-corrected chi connectivity index (χ2v) is 4.95. The summed E-state index contributed by atoms with van der Waals surface area (Å²) in [4.78, 5) is 0.393. The van der Waals surface area contributed by atoms with E-state index in [0.717, 1.165) is 28.8 Å². The first-order valence-corrected chi connectivity index (χ1v) is 6.54. The van der Waals surface area contributed by atoms with Crippen molar-refractivity contribution in [2.45, 2.75) is 6.54 Å². The van der Waals surface area contributed by atoms with Crippen molar-refractivity contribution in [1.29, 1.82) is 0 Å². The van der Waals surface area contributed by atoms with Crippen molar-refractivity contribution < 1.29 is 0 Å². The Balaban J connectivity index is 1.95. The summed E-state index contributed by atoms with van der Waals surface area (Å²) in [5, 5.41) is 10.9. The van der Waals surface area contributed by atoms with Crippen molar-refractivity contribution >= 4 is 38.8 Å². The van der Waals surface area contributed by atoms with Crippen molar-refractivity contribution in [2.24, 2.45) is 5.73 Å². The summed E-state index contributed by atoms with van der Waals surface area (Å²) in [6.45, 7) is 1.51. The van der Waals surface area contributed by atoms with Gasteiger partial charge in [0.2, 0.25) is 0 Å². The van der Waals surface area contributed by atoms with Gasteiger partial charge in [0, 0.05) is 28.5 Å². The predicted octanol–water partition coefficient (Wildman–Crippen LogP) is 1.79. The number of thiocarbonyl (C=S) groups is 1. The highest BCUT2D eigenvalue weighted by Crippen LogP contribution is 2.23. The Kier molecular flexibility index (Phi) is 4.27. The number of nitrogens with two attached hydrogens (primary N) is 1. The van der Waals surface area contributed by atoms with Gasteiger partial charge < -0.3 is 11.1 Å². The molecule has 0 aliphatic carbocycles. The molecule has 1 heterocycles. The maximum atomic E-state index is 5.57. The fraction of sp³-hybridized carbons (Fsp3) is 0.182. The monoisotopic (exact) mass is 325 g/mol. The van der Waals surface area contributed by atoms with E-state index in [-0.39, 0.29) is 0 Å². The van der Waals surface area contributed by atoms with Gasteiger partial charge in [-0.1, -0.05) is 17.4 Å². The molecule has 0 saturated carbocycles. The Labute approximate surface area is 118 Å². The van der Waals surface area contributed by atoms with E-state index in [1.165, 1.54) is 0 Å². The number of nitrogens with one attached hydrogen (secondary N) is 1. The Morgan fingerprint density at radius 2 is 2.33 bits per heavy atom. The first kappa shape index (κ1) is 13.0. The van der Waals surface area contributed by atoms with Gasteiger partial charge in [-0.05, 0) is 34.1 Å². The zero-order valence-corrected chi connectivity index (χ0v) is 11.9. The van der Waals surface area contributed by atoms with E-state index >= 15 is 0 Å². The van der Waals surface area contributed by atoms with Gasteiger partial charge in [0.05, 0.1) is 12.7 Å². The molecule has 5 nitrogen and oxygen atoms in total. The minimum absolute atomic E-state index is 0.393. The number of halogens is 1. The van der Waals surface area contributed by atoms with E-state index in [2.05, 4.69) is 31.6 Å². The average Bonchev–Trinajstić information content (AvgIpc) is 2.84. The zero-order chi connectivity index (χ0) is 13.0. The molecule has 0 atom stereocenters. The molecular weight excluding hydrogens is 314 g/mol. The molecule has 0 aliphatic rings. The highest BCUT2D eigenvalue weighted by Gasteiger charge is 2.03. The molecule has 1 aromatic carbocycles. The van der Waals surface area contributed by atoms with Gasteiger partial charge in [-0.2, -0.15) is 0 Å². The van der Waals surface area contributed by atoms with Gasteiger partial charge >= 0.3 is 0 Å². The third-order valence-electron chi connectivity index (χ3n) is 2.38. The molecule has 18 heavy (non-hydrogen) atoms. The summed E-state index contributed by atoms with van der Waals surface area (Å²) in [5.74, 6) is 0. The van der Waals surface area contributed by atoms with Crippen molar-refractivity contribution in [3.63, 3.8) is 0 Å². The van der Waals surface area contributed by atoms with Gasteiger partial charge in [0.25, 0.3) is 0 Å². The Hall–Kier alpha value is -1.47. The van der Waals surface area contributed by atoms with Gasteiger partial charge in [-0.15, -0.1) is 5.10 Å². The van der Waals surface area contributed by atoms with Crippen LogP contribution in [0.5, 0.6) is 0 Å². The fourth-order valence-electron chi connectivity index (χ4n) is 1.47. The highest BCUT2D eigenvalue weighted by atomic mass is 79.9. The second-order valence-electron chi connectivity index (χ2n) is 3.65. The lowest BCUT2D eigenvalue weighted by atomic mass is 10.2. The molecule has 0 amide bonds. The normalized spacial score (nSPS) is 10.3. The lowest BCUT2D eigenvalue weighted by Gasteiger charge is -2.09. The molecule has 7 heteroatoms. The minimum Gasteiger partial charge on any atom is -0.389 e. The molecule has 0 radical (unpaired) electrons. The molecule has 1 aromatic heterocycles. The molecule has 0 unspecified atom stereocenters. The van der Waals surface area contributed by atoms with Crippen LogP contribution in [0.2, 0.25) is 0 Å². The zero-order valence-electron chi connectivity index (χ0n) is 9.51. The quantitative estimate of drug-likeness (QED) is 0.820. The van der Waals surface area contributed by atoms with Crippen molar-refractivity contribution in [3.05, 3.63) is 40.6 Å². The summed E-state index contributed by atoms with van der Waals surface area (Å²) in [7, 11) is 0. The number of aromatic nitrogens is 3. The van der Waals surface area contributed by atoms with Crippen LogP contribution in [0.1, 0.15) is 5.56 Å². The maximum Gasteiger partial charge on any atom is 0.104 e. The summed E-state index contributed by atoms with van der Waals surface area (Å²) in [5.41, 5.74) is 7.41. The lowest BCUT2D eigenvalue weighted by molar-refractivity contribution is 0.609. The average molecular weight is 326 g/mol. The first-order chi connectivity index (χ1) is 8.66. The molecule has 2 rings (SSSR count). The third kappa shape index (κ3) is 3.27. The topological polar surface area (TPSA) is 68.8 Å². The molecule has 0 saturated heterocycles. The standard InChI is InChI=1S/C11H12BrN5S/c12-9-7-8(11(13)18)1-2-10(9)14-3-5-17-6-4-15-16-17/h1-2,4,6-7,14H,3,5H2,(H2,13,18). The number of nitrogens with zero attached hydrogens (tertiary/aromatic N) is 3. The van der Waals surface area contributed by atoms with Crippen LogP contribution in [0.3, 0.4) is 0 Å². The fourth-order valence-corrected chi connectivity index (χ4v) is 2.11. The van der Waals surface area contributed by atoms with Gasteiger partial charge in [0.1, 0.15) is 4.99 Å². The molecule has 0 aliphatic heterocycles. The predicted molar refractivity (Wildman–Crippen MR) is 78.5 cm³/mol.